The molecule has 0 aromatic rings. The number of carbonyl (C=O) groups excluding carboxylic acids is 1. The number of hydrogen-bond acceptors (Lipinski definition) is 4. The number of amides is 1. The first kappa shape index (κ1) is 58.8. The fourth-order valence-electron chi connectivity index (χ4n) is 8.57. The van der Waals surface area contributed by atoms with Crippen LogP contribution in [0.25, 0.3) is 0 Å². The molecule has 5 heteroatoms. The third kappa shape index (κ3) is 46.3. The van der Waals surface area contributed by atoms with Crippen LogP contribution in [-0.4, -0.2) is 46.1 Å². The van der Waals surface area contributed by atoms with Crippen molar-refractivity contribution in [3.05, 3.63) is 24.3 Å². The molecule has 0 aliphatic heterocycles. The van der Waals surface area contributed by atoms with Gasteiger partial charge in [-0.15, -0.1) is 0 Å². The minimum Gasteiger partial charge on any atom is -0.394 e. The molecule has 0 fully saturated rings. The van der Waals surface area contributed by atoms with E-state index < -0.39 is 18.2 Å². The minimum atomic E-state index is -0.928. The van der Waals surface area contributed by atoms with E-state index >= 15 is 0 Å². The van der Waals surface area contributed by atoms with Gasteiger partial charge < -0.3 is 20.6 Å². The Kier molecular flexibility index (Phi) is 49.5. The Balaban J connectivity index is 3.56. The van der Waals surface area contributed by atoms with Crippen molar-refractivity contribution >= 4 is 5.91 Å². The van der Waals surface area contributed by atoms with Gasteiger partial charge in [0.15, 0.2) is 0 Å². The number of nitrogens with one attached hydrogen (secondary N) is 1. The molecule has 4 N–H and O–H groups in total. The van der Waals surface area contributed by atoms with Crippen molar-refractivity contribution in [2.45, 2.75) is 315 Å². The van der Waals surface area contributed by atoms with E-state index in [4.69, 9.17) is 0 Å². The van der Waals surface area contributed by atoms with Crippen molar-refractivity contribution in [3.8, 4) is 0 Å². The van der Waals surface area contributed by atoms with E-state index in [1.165, 1.54) is 244 Å². The fraction of sp³-hybridized carbons (Fsp3) is 0.909. The van der Waals surface area contributed by atoms with Crippen LogP contribution < -0.4 is 5.32 Å². The first-order chi connectivity index (χ1) is 29.5. The van der Waals surface area contributed by atoms with E-state index in [0.29, 0.717) is 6.42 Å². The predicted molar refractivity (Wildman–Crippen MR) is 264 cm³/mol. The number of rotatable bonds is 50. The van der Waals surface area contributed by atoms with Gasteiger partial charge in [-0.3, -0.25) is 4.79 Å². The van der Waals surface area contributed by atoms with Gasteiger partial charge in [0, 0.05) is 0 Å². The first-order valence-corrected chi connectivity index (χ1v) is 27.1. The van der Waals surface area contributed by atoms with Crippen LogP contribution in [0.2, 0.25) is 0 Å². The largest absolute Gasteiger partial charge is 0.394 e. The van der Waals surface area contributed by atoms with Gasteiger partial charge >= 0.3 is 0 Å². The summed E-state index contributed by atoms with van der Waals surface area (Å²) < 4.78 is 0. The highest BCUT2D eigenvalue weighted by Crippen LogP contribution is 2.17. The number of unbranched alkanes of at least 4 members (excludes halogenated alkanes) is 39. The Hall–Kier alpha value is -1.17. The molecule has 0 aliphatic carbocycles. The molecular formula is C55H107NO4. The van der Waals surface area contributed by atoms with Gasteiger partial charge in [0.1, 0.15) is 0 Å². The van der Waals surface area contributed by atoms with Crippen molar-refractivity contribution in [3.63, 3.8) is 0 Å². The summed E-state index contributed by atoms with van der Waals surface area (Å²) in [7, 11) is 0. The van der Waals surface area contributed by atoms with E-state index in [1.807, 2.05) is 6.08 Å². The SMILES string of the molecule is CCCCCCCCCCCCCC/C=C\CCCCCCCCCCCCCC(O)CC(=O)NC(CO)C(O)/C=C/CCCCCCCCCCCCCCCCCC. The maximum absolute atomic E-state index is 12.5. The lowest BCUT2D eigenvalue weighted by Gasteiger charge is -2.21. The molecule has 60 heavy (non-hydrogen) atoms. The van der Waals surface area contributed by atoms with Gasteiger partial charge in [0.05, 0.1) is 31.3 Å². The Morgan fingerprint density at radius 1 is 0.417 bits per heavy atom. The summed E-state index contributed by atoms with van der Waals surface area (Å²) in [4.78, 5) is 12.5. The summed E-state index contributed by atoms with van der Waals surface area (Å²) in [5, 5.41) is 33.4. The number of carbonyl (C=O) groups is 1. The molecule has 0 aromatic heterocycles. The van der Waals surface area contributed by atoms with Crippen molar-refractivity contribution < 1.29 is 20.1 Å². The zero-order valence-corrected chi connectivity index (χ0v) is 40.6. The van der Waals surface area contributed by atoms with Crippen molar-refractivity contribution in [2.75, 3.05) is 6.61 Å². The second-order valence-corrected chi connectivity index (χ2v) is 18.8. The second-order valence-electron chi connectivity index (χ2n) is 18.8. The Morgan fingerprint density at radius 2 is 0.700 bits per heavy atom. The van der Waals surface area contributed by atoms with Gasteiger partial charge in [-0.2, -0.15) is 0 Å². The highest BCUT2D eigenvalue weighted by Gasteiger charge is 2.20. The zero-order chi connectivity index (χ0) is 43.7. The van der Waals surface area contributed by atoms with E-state index in [1.54, 1.807) is 6.08 Å². The van der Waals surface area contributed by atoms with Crippen LogP contribution in [0.15, 0.2) is 24.3 Å². The summed E-state index contributed by atoms with van der Waals surface area (Å²) in [5.41, 5.74) is 0. The molecule has 3 unspecified atom stereocenters. The topological polar surface area (TPSA) is 89.8 Å². The minimum absolute atomic E-state index is 0.0158. The first-order valence-electron chi connectivity index (χ1n) is 27.1. The van der Waals surface area contributed by atoms with Crippen LogP contribution in [0.4, 0.5) is 0 Å². The van der Waals surface area contributed by atoms with Crippen LogP contribution in [0.5, 0.6) is 0 Å². The quantitative estimate of drug-likeness (QED) is 0.0363. The highest BCUT2D eigenvalue weighted by atomic mass is 16.3. The maximum Gasteiger partial charge on any atom is 0.222 e. The maximum atomic E-state index is 12.5. The molecule has 0 spiro atoms. The van der Waals surface area contributed by atoms with E-state index in [9.17, 15) is 20.1 Å². The number of hydrogen-bond donors (Lipinski definition) is 4. The summed E-state index contributed by atoms with van der Waals surface area (Å²) in [6.45, 7) is 4.24. The predicted octanol–water partition coefficient (Wildman–Crippen LogP) is 16.5. The van der Waals surface area contributed by atoms with Gasteiger partial charge in [0.2, 0.25) is 5.91 Å². The highest BCUT2D eigenvalue weighted by molar-refractivity contribution is 5.76. The van der Waals surface area contributed by atoms with Crippen LogP contribution in [0.3, 0.4) is 0 Å². The molecule has 0 saturated carbocycles. The number of allylic oxidation sites excluding steroid dienone is 3. The van der Waals surface area contributed by atoms with Gasteiger partial charge in [-0.25, -0.2) is 0 Å². The smallest absolute Gasteiger partial charge is 0.222 e. The summed E-state index contributed by atoms with van der Waals surface area (Å²) >= 11 is 0. The monoisotopic (exact) mass is 846 g/mol. The summed E-state index contributed by atoms with van der Waals surface area (Å²) in [6, 6.07) is -0.743. The molecule has 0 aromatic carbocycles. The molecule has 0 radical (unpaired) electrons. The lowest BCUT2D eigenvalue weighted by atomic mass is 10.0. The summed E-state index contributed by atoms with van der Waals surface area (Å²) in [5.74, 6) is -0.312. The van der Waals surface area contributed by atoms with Crippen LogP contribution >= 0.6 is 0 Å². The number of aliphatic hydroxyl groups is 3. The van der Waals surface area contributed by atoms with Crippen molar-refractivity contribution in [1.82, 2.24) is 5.32 Å². The fourth-order valence-corrected chi connectivity index (χ4v) is 8.57. The normalized spacial score (nSPS) is 13.5. The van der Waals surface area contributed by atoms with Crippen molar-refractivity contribution in [2.24, 2.45) is 0 Å². The molecule has 356 valence electrons. The lowest BCUT2D eigenvalue weighted by molar-refractivity contribution is -0.124. The molecule has 0 aliphatic rings. The molecule has 0 rings (SSSR count). The molecule has 5 nitrogen and oxygen atoms in total. The van der Waals surface area contributed by atoms with Crippen LogP contribution in [0.1, 0.15) is 296 Å². The van der Waals surface area contributed by atoms with Crippen molar-refractivity contribution in [1.29, 1.82) is 0 Å². The third-order valence-corrected chi connectivity index (χ3v) is 12.7. The average molecular weight is 846 g/mol. The average Bonchev–Trinajstić information content (AvgIpc) is 3.24. The summed E-state index contributed by atoms with van der Waals surface area (Å²) in [6.07, 6.45) is 63.6. The van der Waals surface area contributed by atoms with E-state index in [2.05, 4.69) is 31.3 Å². The van der Waals surface area contributed by atoms with E-state index in [-0.39, 0.29) is 18.9 Å². The molecular weight excluding hydrogens is 739 g/mol. The third-order valence-electron chi connectivity index (χ3n) is 12.7. The molecule has 0 saturated heterocycles. The molecule has 0 heterocycles. The molecule has 1 amide bonds. The zero-order valence-electron chi connectivity index (χ0n) is 40.6. The van der Waals surface area contributed by atoms with Gasteiger partial charge in [0.25, 0.3) is 0 Å². The Labute approximate surface area is 375 Å². The number of aliphatic hydroxyl groups excluding tert-OH is 3. The van der Waals surface area contributed by atoms with Crippen LogP contribution in [-0.2, 0) is 4.79 Å². The van der Waals surface area contributed by atoms with E-state index in [0.717, 1.165) is 25.7 Å². The second kappa shape index (κ2) is 50.5. The van der Waals surface area contributed by atoms with Crippen LogP contribution in [0, 0.1) is 0 Å². The Bertz CT molecular complexity index is 890. The molecule has 3 atom stereocenters. The van der Waals surface area contributed by atoms with Gasteiger partial charge in [-0.05, 0) is 44.9 Å². The molecule has 0 bridgehead atoms. The lowest BCUT2D eigenvalue weighted by Crippen LogP contribution is -2.45. The Morgan fingerprint density at radius 3 is 1.02 bits per heavy atom. The standard InChI is InChI=1S/C55H107NO4/c1-3-5-7-9-11-13-15-17-19-21-23-24-25-26-27-28-29-30-31-32-34-36-38-40-42-44-46-48-52(58)50-55(60)56-53(51-57)54(59)49-47-45-43-41-39-37-35-33-22-20-18-16-14-12-10-8-6-4-2/h26-27,47,49,52-54,57-59H,3-25,28-46,48,50-51H2,1-2H3,(H,56,60)/b27-26-,49-47+. The van der Waals surface area contributed by atoms with Gasteiger partial charge in [-0.1, -0.05) is 269 Å².